The fraction of sp³-hybridized carbons (Fsp3) is 0.444. The predicted octanol–water partition coefficient (Wildman–Crippen LogP) is 6.67. The molecule has 2 aromatic carbocycles. The molecule has 0 aliphatic heterocycles. The van der Waals surface area contributed by atoms with E-state index in [1.165, 1.54) is 11.1 Å². The third kappa shape index (κ3) is 11.7. The minimum Gasteiger partial charge on any atom is -0.481 e. The molecule has 2 aromatic rings. The Bertz CT molecular complexity index is 821. The predicted molar refractivity (Wildman–Crippen MR) is 141 cm³/mol. The average molecular weight is 503 g/mol. The largest absolute Gasteiger partial charge is 0.481 e. The highest BCUT2D eigenvalue weighted by Gasteiger charge is 2.09. The van der Waals surface area contributed by atoms with Gasteiger partial charge in [-0.05, 0) is 48.3 Å². The van der Waals surface area contributed by atoms with Crippen LogP contribution in [-0.4, -0.2) is 39.4 Å². The summed E-state index contributed by atoms with van der Waals surface area (Å²) in [7, 11) is 0. The number of benzene rings is 2. The molecule has 5 nitrogen and oxygen atoms in total. The Morgan fingerprint density at radius 3 is 1.29 bits per heavy atom. The van der Waals surface area contributed by atoms with Gasteiger partial charge < -0.3 is 10.2 Å². The molecule has 0 unspecified atom stereocenters. The molecule has 0 radical (unpaired) electrons. The van der Waals surface area contributed by atoms with E-state index in [0.717, 1.165) is 61.5 Å². The zero-order valence-corrected chi connectivity index (χ0v) is 21.2. The van der Waals surface area contributed by atoms with Crippen LogP contribution in [0.2, 0.25) is 0 Å². The first-order valence-corrected chi connectivity index (χ1v) is 14.1. The van der Waals surface area contributed by atoms with Crippen LogP contribution in [-0.2, 0) is 21.1 Å². The van der Waals surface area contributed by atoms with E-state index in [0.29, 0.717) is 11.1 Å². The second-order valence-electron chi connectivity index (χ2n) is 8.24. The molecule has 2 rings (SSSR count). The van der Waals surface area contributed by atoms with Gasteiger partial charge in [0.05, 0.1) is 0 Å². The monoisotopic (exact) mass is 502 g/mol. The van der Waals surface area contributed by atoms with Crippen molar-refractivity contribution in [2.75, 3.05) is 11.5 Å². The lowest BCUT2D eigenvalue weighted by Gasteiger charge is -2.06. The molecule has 0 aliphatic rings. The topological polar surface area (TPSA) is 91.7 Å². The first-order chi connectivity index (χ1) is 16.5. The van der Waals surface area contributed by atoms with E-state index in [2.05, 4.69) is 0 Å². The number of carboxylic acid groups (broad SMARTS) is 2. The Balaban J connectivity index is 1.67. The molecule has 0 spiro atoms. The van der Waals surface area contributed by atoms with Gasteiger partial charge in [-0.15, -0.1) is 0 Å². The summed E-state index contributed by atoms with van der Waals surface area (Å²) < 4.78 is 0. The van der Waals surface area contributed by atoms with Crippen LogP contribution >= 0.6 is 23.5 Å². The van der Waals surface area contributed by atoms with Crippen LogP contribution in [0.25, 0.3) is 0 Å². The normalized spacial score (nSPS) is 10.8. The van der Waals surface area contributed by atoms with E-state index in [4.69, 9.17) is 10.2 Å². The number of carboxylic acids is 2. The molecule has 0 bridgehead atoms. The van der Waals surface area contributed by atoms with Crippen LogP contribution < -0.4 is 0 Å². The average Bonchev–Trinajstić information content (AvgIpc) is 2.83. The van der Waals surface area contributed by atoms with Crippen LogP contribution in [0.5, 0.6) is 0 Å². The summed E-state index contributed by atoms with van der Waals surface area (Å²) >= 11 is 3.66. The molecule has 2 N–H and O–H groups in total. The van der Waals surface area contributed by atoms with Crippen molar-refractivity contribution < 1.29 is 24.6 Å². The van der Waals surface area contributed by atoms with Crippen LogP contribution in [0.15, 0.2) is 48.5 Å². The van der Waals surface area contributed by atoms with Crippen molar-refractivity contribution in [3.8, 4) is 0 Å². The SMILES string of the molecule is O=C(O)CCCCCSCc1ccc(C(=O)c2ccc(CSCCCCCC(=O)O)cc2)cc1. The fourth-order valence-corrected chi connectivity index (χ4v) is 5.33. The highest BCUT2D eigenvalue weighted by Crippen LogP contribution is 2.19. The zero-order chi connectivity index (χ0) is 24.6. The van der Waals surface area contributed by atoms with E-state index in [1.807, 2.05) is 72.1 Å². The molecule has 0 aliphatic carbocycles. The summed E-state index contributed by atoms with van der Waals surface area (Å²) in [5.74, 6) is 2.37. The Kier molecular flexibility index (Phi) is 13.5. The van der Waals surface area contributed by atoms with Crippen molar-refractivity contribution in [2.24, 2.45) is 0 Å². The molecule has 0 saturated heterocycles. The van der Waals surface area contributed by atoms with Crippen LogP contribution in [0, 0.1) is 0 Å². The summed E-state index contributed by atoms with van der Waals surface area (Å²) in [6.45, 7) is 0. The molecule has 0 aromatic heterocycles. The number of aliphatic carboxylic acids is 2. The fourth-order valence-electron chi connectivity index (χ4n) is 3.37. The van der Waals surface area contributed by atoms with Crippen LogP contribution in [0.1, 0.15) is 78.4 Å². The minimum absolute atomic E-state index is 0.0234. The number of unbranched alkanes of at least 4 members (excludes halogenated alkanes) is 4. The highest BCUT2D eigenvalue weighted by molar-refractivity contribution is 7.98. The summed E-state index contributed by atoms with van der Waals surface area (Å²) in [6.07, 6.45) is 5.91. The van der Waals surface area contributed by atoms with Gasteiger partial charge in [0.15, 0.2) is 5.78 Å². The summed E-state index contributed by atoms with van der Waals surface area (Å²) in [4.78, 5) is 33.8. The van der Waals surface area contributed by atoms with Crippen molar-refractivity contribution in [3.63, 3.8) is 0 Å². The summed E-state index contributed by atoms with van der Waals surface area (Å²) in [5, 5.41) is 17.3. The minimum atomic E-state index is -0.726. The van der Waals surface area contributed by atoms with Crippen LogP contribution in [0.4, 0.5) is 0 Å². The number of ketones is 1. The summed E-state index contributed by atoms with van der Waals surface area (Å²) in [6, 6.07) is 15.6. The maximum absolute atomic E-state index is 12.8. The van der Waals surface area contributed by atoms with E-state index < -0.39 is 11.9 Å². The first kappa shape index (κ1) is 28.0. The molecule has 0 amide bonds. The molecule has 184 valence electrons. The molecule has 0 fully saturated rings. The maximum Gasteiger partial charge on any atom is 0.303 e. The van der Waals surface area contributed by atoms with Crippen molar-refractivity contribution in [1.82, 2.24) is 0 Å². The Hall–Kier alpha value is -2.25. The number of hydrogen-bond acceptors (Lipinski definition) is 5. The number of rotatable bonds is 18. The van der Waals surface area contributed by atoms with Gasteiger partial charge in [0.25, 0.3) is 0 Å². The molecule has 34 heavy (non-hydrogen) atoms. The zero-order valence-electron chi connectivity index (χ0n) is 19.5. The van der Waals surface area contributed by atoms with E-state index in [9.17, 15) is 14.4 Å². The number of carbonyl (C=O) groups excluding carboxylic acids is 1. The van der Waals surface area contributed by atoms with Gasteiger partial charge >= 0.3 is 11.9 Å². The van der Waals surface area contributed by atoms with E-state index in [-0.39, 0.29) is 18.6 Å². The van der Waals surface area contributed by atoms with Crippen molar-refractivity contribution in [2.45, 2.75) is 62.9 Å². The van der Waals surface area contributed by atoms with Gasteiger partial charge in [0.2, 0.25) is 0 Å². The van der Waals surface area contributed by atoms with Gasteiger partial charge in [-0.25, -0.2) is 0 Å². The smallest absolute Gasteiger partial charge is 0.303 e. The summed E-state index contributed by atoms with van der Waals surface area (Å²) in [5.41, 5.74) is 3.74. The molecular weight excluding hydrogens is 468 g/mol. The second kappa shape index (κ2) is 16.4. The number of thioether (sulfide) groups is 2. The quantitative estimate of drug-likeness (QED) is 0.174. The maximum atomic E-state index is 12.8. The lowest BCUT2D eigenvalue weighted by molar-refractivity contribution is -0.138. The third-order valence-corrected chi connectivity index (χ3v) is 7.56. The molecule has 7 heteroatoms. The standard InChI is InChI=1S/C27H34O5S2/c28-25(29)7-3-1-5-17-33-19-21-9-13-23(14-10-21)27(32)24-15-11-22(12-16-24)20-34-18-6-2-4-8-26(30)31/h9-16H,1-8,17-20H2,(H,28,29)(H,30,31). The molecule has 0 heterocycles. The Morgan fingerprint density at radius 2 is 0.941 bits per heavy atom. The first-order valence-electron chi connectivity index (χ1n) is 11.8. The van der Waals surface area contributed by atoms with Gasteiger partial charge in [-0.3, -0.25) is 14.4 Å². The number of hydrogen-bond donors (Lipinski definition) is 2. The number of carbonyl (C=O) groups is 3. The van der Waals surface area contributed by atoms with Gasteiger partial charge in [-0.2, -0.15) is 23.5 Å². The van der Waals surface area contributed by atoms with Gasteiger partial charge in [0, 0.05) is 35.5 Å². The molecule has 0 saturated carbocycles. The Labute approximate surface area is 210 Å². The van der Waals surface area contributed by atoms with Crippen molar-refractivity contribution in [3.05, 3.63) is 70.8 Å². The van der Waals surface area contributed by atoms with Crippen molar-refractivity contribution in [1.29, 1.82) is 0 Å². The van der Waals surface area contributed by atoms with E-state index in [1.54, 1.807) is 0 Å². The molecule has 0 atom stereocenters. The second-order valence-corrected chi connectivity index (χ2v) is 10.4. The Morgan fingerprint density at radius 1 is 0.559 bits per heavy atom. The van der Waals surface area contributed by atoms with Gasteiger partial charge in [0.1, 0.15) is 0 Å². The van der Waals surface area contributed by atoms with Gasteiger partial charge in [-0.1, -0.05) is 61.4 Å². The van der Waals surface area contributed by atoms with Crippen molar-refractivity contribution >= 4 is 41.2 Å². The van der Waals surface area contributed by atoms with Crippen LogP contribution in [0.3, 0.4) is 0 Å². The lowest BCUT2D eigenvalue weighted by Crippen LogP contribution is -2.01. The lowest BCUT2D eigenvalue weighted by atomic mass is 10.0. The van der Waals surface area contributed by atoms with E-state index >= 15 is 0 Å². The molecular formula is C27H34O5S2. The third-order valence-electron chi connectivity index (χ3n) is 5.33. The highest BCUT2D eigenvalue weighted by atomic mass is 32.2.